The van der Waals surface area contributed by atoms with Crippen LogP contribution in [0.4, 0.5) is 0 Å². The van der Waals surface area contributed by atoms with Gasteiger partial charge in [0.2, 0.25) is 5.91 Å². The lowest BCUT2D eigenvalue weighted by Gasteiger charge is -2.04. The summed E-state index contributed by atoms with van der Waals surface area (Å²) < 4.78 is 0. The van der Waals surface area contributed by atoms with Gasteiger partial charge in [-0.05, 0) is 6.42 Å². The topological polar surface area (TPSA) is 78.4 Å². The fourth-order valence-electron chi connectivity index (χ4n) is 0.926. The minimum atomic E-state index is -0.812. The number of carboxylic acids is 1. The molecule has 0 saturated carbocycles. The molecule has 5 heteroatoms. The van der Waals surface area contributed by atoms with Gasteiger partial charge in [-0.2, -0.15) is 0 Å². The van der Waals surface area contributed by atoms with E-state index in [2.05, 4.69) is 10.6 Å². The summed E-state index contributed by atoms with van der Waals surface area (Å²) >= 11 is 0. The Morgan fingerprint density at radius 1 is 1.14 bits per heavy atom. The van der Waals surface area contributed by atoms with Crippen LogP contribution in [0.1, 0.15) is 26.2 Å². The Morgan fingerprint density at radius 3 is 2.43 bits per heavy atom. The van der Waals surface area contributed by atoms with E-state index in [0.717, 1.165) is 6.42 Å². The number of carbonyl (C=O) groups excluding carboxylic acids is 1. The molecule has 0 saturated heterocycles. The van der Waals surface area contributed by atoms with Crippen LogP contribution in [0.3, 0.4) is 0 Å². The van der Waals surface area contributed by atoms with Crippen LogP contribution in [-0.4, -0.2) is 36.6 Å². The third kappa shape index (κ3) is 8.99. The molecule has 0 atom stereocenters. The molecule has 0 aromatic heterocycles. The molecule has 0 bridgehead atoms. The molecule has 0 aromatic carbocycles. The van der Waals surface area contributed by atoms with Crippen molar-refractivity contribution >= 4 is 11.9 Å². The normalized spacial score (nSPS) is 9.79. The first-order chi connectivity index (χ1) is 6.66. The van der Waals surface area contributed by atoms with Crippen molar-refractivity contribution in [3.63, 3.8) is 0 Å². The average molecular weight is 202 g/mol. The fourth-order valence-corrected chi connectivity index (χ4v) is 0.926. The summed E-state index contributed by atoms with van der Waals surface area (Å²) in [5.41, 5.74) is 0. The molecule has 0 spiro atoms. The summed E-state index contributed by atoms with van der Waals surface area (Å²) in [6, 6.07) is 0. The van der Waals surface area contributed by atoms with Crippen LogP contribution in [0.15, 0.2) is 0 Å². The van der Waals surface area contributed by atoms with E-state index in [1.165, 1.54) is 0 Å². The molecule has 0 aliphatic heterocycles. The Kier molecular flexibility index (Phi) is 7.83. The number of hydrogen-bond donors (Lipinski definition) is 3. The van der Waals surface area contributed by atoms with E-state index in [0.29, 0.717) is 26.1 Å². The van der Waals surface area contributed by atoms with Gasteiger partial charge in [-0.1, -0.05) is 6.92 Å². The maximum absolute atomic E-state index is 11.0. The molecule has 0 heterocycles. The maximum Gasteiger partial charge on any atom is 0.304 e. The van der Waals surface area contributed by atoms with Gasteiger partial charge in [-0.15, -0.1) is 0 Å². The molecule has 0 aliphatic rings. The van der Waals surface area contributed by atoms with Crippen LogP contribution < -0.4 is 10.6 Å². The van der Waals surface area contributed by atoms with Crippen molar-refractivity contribution in [2.45, 2.75) is 26.2 Å². The average Bonchev–Trinajstić information content (AvgIpc) is 2.11. The van der Waals surface area contributed by atoms with Gasteiger partial charge in [-0.25, -0.2) is 0 Å². The molecule has 0 aromatic rings. The number of nitrogens with one attached hydrogen (secondary N) is 2. The van der Waals surface area contributed by atoms with Gasteiger partial charge in [0.15, 0.2) is 0 Å². The lowest BCUT2D eigenvalue weighted by Crippen LogP contribution is -2.32. The SMILES string of the molecule is CCCC(=O)NCCNCCC(=O)O. The molecule has 14 heavy (non-hydrogen) atoms. The van der Waals surface area contributed by atoms with E-state index in [1.807, 2.05) is 6.92 Å². The van der Waals surface area contributed by atoms with E-state index in [4.69, 9.17) is 5.11 Å². The first-order valence-electron chi connectivity index (χ1n) is 4.86. The first-order valence-corrected chi connectivity index (χ1v) is 4.86. The quantitative estimate of drug-likeness (QED) is 0.483. The number of aliphatic carboxylic acids is 1. The Hall–Kier alpha value is -1.10. The van der Waals surface area contributed by atoms with Crippen molar-refractivity contribution in [2.24, 2.45) is 0 Å². The third-order valence-corrected chi connectivity index (χ3v) is 1.62. The molecular formula is C9H18N2O3. The Labute approximate surface area is 83.9 Å². The van der Waals surface area contributed by atoms with Crippen LogP contribution >= 0.6 is 0 Å². The van der Waals surface area contributed by atoms with Gasteiger partial charge in [0, 0.05) is 26.1 Å². The van der Waals surface area contributed by atoms with Crippen LogP contribution in [0.25, 0.3) is 0 Å². The van der Waals surface area contributed by atoms with Gasteiger partial charge in [0.05, 0.1) is 6.42 Å². The summed E-state index contributed by atoms with van der Waals surface area (Å²) in [5, 5.41) is 14.0. The zero-order chi connectivity index (χ0) is 10.8. The second-order valence-corrected chi connectivity index (χ2v) is 2.99. The van der Waals surface area contributed by atoms with E-state index >= 15 is 0 Å². The summed E-state index contributed by atoms with van der Waals surface area (Å²) in [7, 11) is 0. The molecule has 0 aliphatic carbocycles. The summed E-state index contributed by atoms with van der Waals surface area (Å²) in [6.07, 6.45) is 1.51. The molecule has 0 rings (SSSR count). The first kappa shape index (κ1) is 12.9. The molecule has 3 N–H and O–H groups in total. The Balaban J connectivity index is 3.13. The molecule has 0 unspecified atom stereocenters. The van der Waals surface area contributed by atoms with Gasteiger partial charge in [0.25, 0.3) is 0 Å². The lowest BCUT2D eigenvalue weighted by atomic mass is 10.3. The molecule has 82 valence electrons. The predicted molar refractivity (Wildman–Crippen MR) is 53.0 cm³/mol. The summed E-state index contributed by atoms with van der Waals surface area (Å²) in [6.45, 7) is 3.56. The van der Waals surface area contributed by atoms with Gasteiger partial charge in [0.1, 0.15) is 0 Å². The maximum atomic E-state index is 11.0. The van der Waals surface area contributed by atoms with E-state index < -0.39 is 5.97 Å². The highest BCUT2D eigenvalue weighted by molar-refractivity contribution is 5.75. The number of carbonyl (C=O) groups is 2. The number of amides is 1. The van der Waals surface area contributed by atoms with Gasteiger partial charge in [-0.3, -0.25) is 9.59 Å². The second kappa shape index (κ2) is 8.50. The molecular weight excluding hydrogens is 184 g/mol. The van der Waals surface area contributed by atoms with Crippen molar-refractivity contribution in [1.82, 2.24) is 10.6 Å². The van der Waals surface area contributed by atoms with Gasteiger partial charge < -0.3 is 15.7 Å². The monoisotopic (exact) mass is 202 g/mol. The second-order valence-electron chi connectivity index (χ2n) is 2.99. The van der Waals surface area contributed by atoms with Crippen LogP contribution in [0, 0.1) is 0 Å². The predicted octanol–water partition coefficient (Wildman–Crippen LogP) is -0.0330. The zero-order valence-corrected chi connectivity index (χ0v) is 8.51. The van der Waals surface area contributed by atoms with Crippen LogP contribution in [-0.2, 0) is 9.59 Å². The standard InChI is InChI=1S/C9H18N2O3/c1-2-3-8(12)11-7-6-10-5-4-9(13)14/h10H,2-7H2,1H3,(H,11,12)(H,13,14). The minimum absolute atomic E-state index is 0.0486. The molecule has 0 fully saturated rings. The summed E-state index contributed by atoms with van der Waals surface area (Å²) in [4.78, 5) is 21.1. The lowest BCUT2D eigenvalue weighted by molar-refractivity contribution is -0.136. The highest BCUT2D eigenvalue weighted by Crippen LogP contribution is 1.84. The highest BCUT2D eigenvalue weighted by Gasteiger charge is 1.98. The fraction of sp³-hybridized carbons (Fsp3) is 0.778. The minimum Gasteiger partial charge on any atom is -0.481 e. The van der Waals surface area contributed by atoms with E-state index in [9.17, 15) is 9.59 Å². The van der Waals surface area contributed by atoms with Gasteiger partial charge >= 0.3 is 5.97 Å². The Morgan fingerprint density at radius 2 is 1.86 bits per heavy atom. The summed E-state index contributed by atoms with van der Waals surface area (Å²) in [5.74, 6) is -0.764. The molecule has 1 amide bonds. The molecule has 5 nitrogen and oxygen atoms in total. The van der Waals surface area contributed by atoms with Crippen LogP contribution in [0.2, 0.25) is 0 Å². The van der Waals surface area contributed by atoms with Crippen molar-refractivity contribution in [3.8, 4) is 0 Å². The van der Waals surface area contributed by atoms with Crippen molar-refractivity contribution in [1.29, 1.82) is 0 Å². The Bertz CT molecular complexity index is 183. The van der Waals surface area contributed by atoms with Crippen molar-refractivity contribution in [3.05, 3.63) is 0 Å². The van der Waals surface area contributed by atoms with E-state index in [1.54, 1.807) is 0 Å². The van der Waals surface area contributed by atoms with Crippen molar-refractivity contribution in [2.75, 3.05) is 19.6 Å². The third-order valence-electron chi connectivity index (χ3n) is 1.62. The van der Waals surface area contributed by atoms with E-state index in [-0.39, 0.29) is 12.3 Å². The number of carboxylic acid groups (broad SMARTS) is 1. The van der Waals surface area contributed by atoms with Crippen molar-refractivity contribution < 1.29 is 14.7 Å². The smallest absolute Gasteiger partial charge is 0.304 e. The van der Waals surface area contributed by atoms with Crippen LogP contribution in [0.5, 0.6) is 0 Å². The number of hydrogen-bond acceptors (Lipinski definition) is 3. The largest absolute Gasteiger partial charge is 0.481 e. The molecule has 0 radical (unpaired) electrons. The number of rotatable bonds is 8. The zero-order valence-electron chi connectivity index (χ0n) is 8.51. The highest BCUT2D eigenvalue weighted by atomic mass is 16.4.